The number of thiophene rings is 1. The molecular formula is C46H30N2S. The van der Waals surface area contributed by atoms with Crippen molar-refractivity contribution in [3.8, 4) is 16.8 Å². The molecule has 10 rings (SSSR count). The van der Waals surface area contributed by atoms with Crippen LogP contribution in [0.3, 0.4) is 0 Å². The van der Waals surface area contributed by atoms with E-state index in [0.717, 1.165) is 22.7 Å². The summed E-state index contributed by atoms with van der Waals surface area (Å²) in [4.78, 5) is 2.45. The lowest BCUT2D eigenvalue weighted by molar-refractivity contribution is 1.18. The number of hydrogen-bond acceptors (Lipinski definition) is 2. The molecular weight excluding hydrogens is 613 g/mol. The maximum Gasteiger partial charge on any atom is 0.0561 e. The molecule has 0 aliphatic heterocycles. The maximum atomic E-state index is 2.45. The average Bonchev–Trinajstić information content (AvgIpc) is 3.70. The van der Waals surface area contributed by atoms with Gasteiger partial charge in [-0.15, -0.1) is 11.3 Å². The van der Waals surface area contributed by atoms with Gasteiger partial charge in [0.05, 0.1) is 16.7 Å². The van der Waals surface area contributed by atoms with Crippen LogP contribution in [0.2, 0.25) is 0 Å². The van der Waals surface area contributed by atoms with E-state index in [1.807, 2.05) is 11.3 Å². The Morgan fingerprint density at radius 2 is 1.08 bits per heavy atom. The summed E-state index contributed by atoms with van der Waals surface area (Å²) in [6.07, 6.45) is 0. The van der Waals surface area contributed by atoms with E-state index in [2.05, 4.69) is 191 Å². The molecule has 10 aromatic rings. The molecule has 0 saturated carbocycles. The second-order valence-electron chi connectivity index (χ2n) is 12.6. The molecule has 0 radical (unpaired) electrons. The van der Waals surface area contributed by atoms with Gasteiger partial charge in [0.25, 0.3) is 0 Å². The molecule has 0 atom stereocenters. The molecule has 230 valence electrons. The minimum Gasteiger partial charge on any atom is -0.310 e. The molecule has 0 bridgehead atoms. The van der Waals surface area contributed by atoms with E-state index in [9.17, 15) is 0 Å². The molecule has 0 aliphatic carbocycles. The van der Waals surface area contributed by atoms with Crippen molar-refractivity contribution < 1.29 is 0 Å². The molecule has 8 aromatic carbocycles. The molecule has 2 nitrogen and oxygen atoms in total. The largest absolute Gasteiger partial charge is 0.310 e. The fourth-order valence-electron chi connectivity index (χ4n) is 7.50. The zero-order valence-electron chi connectivity index (χ0n) is 26.6. The zero-order chi connectivity index (χ0) is 32.3. The summed E-state index contributed by atoms with van der Waals surface area (Å²) < 4.78 is 5.01. The first-order chi connectivity index (χ1) is 24.3. The van der Waals surface area contributed by atoms with Crippen molar-refractivity contribution in [1.29, 1.82) is 0 Å². The minimum atomic E-state index is 1.11. The normalized spacial score (nSPS) is 11.7. The lowest BCUT2D eigenvalue weighted by Gasteiger charge is -2.28. The third-order valence-electron chi connectivity index (χ3n) is 9.75. The van der Waals surface area contributed by atoms with Crippen LogP contribution in [0.25, 0.3) is 69.6 Å². The zero-order valence-corrected chi connectivity index (χ0v) is 27.4. The van der Waals surface area contributed by atoms with Crippen LogP contribution < -0.4 is 4.90 Å². The van der Waals surface area contributed by atoms with Gasteiger partial charge in [0.2, 0.25) is 0 Å². The fourth-order valence-corrected chi connectivity index (χ4v) is 8.59. The molecule has 0 unspecified atom stereocenters. The Balaban J connectivity index is 1.26. The molecule has 0 fully saturated rings. The van der Waals surface area contributed by atoms with E-state index in [1.54, 1.807) is 0 Å². The molecule has 0 aliphatic rings. The maximum absolute atomic E-state index is 2.45. The van der Waals surface area contributed by atoms with Gasteiger partial charge < -0.3 is 9.47 Å². The van der Waals surface area contributed by atoms with Crippen LogP contribution >= 0.6 is 11.3 Å². The monoisotopic (exact) mass is 642 g/mol. The van der Waals surface area contributed by atoms with Crippen molar-refractivity contribution in [3.63, 3.8) is 0 Å². The number of nitrogens with zero attached hydrogens (tertiary/aromatic N) is 2. The predicted octanol–water partition coefficient (Wildman–Crippen LogP) is 13.4. The van der Waals surface area contributed by atoms with Crippen molar-refractivity contribution in [3.05, 3.63) is 182 Å². The second kappa shape index (κ2) is 11.2. The summed E-state index contributed by atoms with van der Waals surface area (Å²) >= 11 is 1.86. The van der Waals surface area contributed by atoms with Crippen molar-refractivity contribution in [1.82, 2.24) is 4.57 Å². The lowest BCUT2D eigenvalue weighted by atomic mass is 9.98. The van der Waals surface area contributed by atoms with Gasteiger partial charge in [-0.3, -0.25) is 0 Å². The summed E-state index contributed by atoms with van der Waals surface area (Å²) in [5.41, 5.74) is 9.30. The van der Waals surface area contributed by atoms with Gasteiger partial charge in [-0.05, 0) is 83.1 Å². The highest BCUT2D eigenvalue weighted by Crippen LogP contribution is 2.45. The molecule has 0 N–H and O–H groups in total. The molecule has 0 amide bonds. The Hall–Kier alpha value is -6.16. The van der Waals surface area contributed by atoms with Gasteiger partial charge in [0.1, 0.15) is 0 Å². The predicted molar refractivity (Wildman–Crippen MR) is 211 cm³/mol. The molecule has 0 spiro atoms. The van der Waals surface area contributed by atoms with E-state index in [0.29, 0.717) is 0 Å². The summed E-state index contributed by atoms with van der Waals surface area (Å²) in [5.74, 6) is 0. The number of hydrogen-bond donors (Lipinski definition) is 0. The third kappa shape index (κ3) is 4.55. The first kappa shape index (κ1) is 27.9. The highest BCUT2D eigenvalue weighted by atomic mass is 32.1. The van der Waals surface area contributed by atoms with E-state index in [4.69, 9.17) is 0 Å². The molecule has 0 saturated heterocycles. The molecule has 49 heavy (non-hydrogen) atoms. The van der Waals surface area contributed by atoms with Crippen molar-refractivity contribution >= 4 is 81.1 Å². The number of para-hydroxylation sites is 3. The summed E-state index contributed by atoms with van der Waals surface area (Å²) in [6.45, 7) is 0. The number of aromatic nitrogens is 1. The van der Waals surface area contributed by atoms with Gasteiger partial charge in [-0.1, -0.05) is 115 Å². The van der Waals surface area contributed by atoms with Crippen LogP contribution in [0.1, 0.15) is 0 Å². The number of rotatable bonds is 5. The third-order valence-corrected chi connectivity index (χ3v) is 10.9. The SMILES string of the molecule is c1ccc(-n2c3ccccc3c3ccc(N(c4ccc5sc6ccccc6c5c4)c4ccccc4-c4ccc5ccccc5c4)cc32)cc1. The van der Waals surface area contributed by atoms with Crippen LogP contribution in [0.5, 0.6) is 0 Å². The number of anilines is 3. The summed E-state index contributed by atoms with van der Waals surface area (Å²) in [6, 6.07) is 66.3. The fraction of sp³-hybridized carbons (Fsp3) is 0. The topological polar surface area (TPSA) is 8.17 Å². The number of fused-ring (bicyclic) bond motifs is 7. The van der Waals surface area contributed by atoms with Gasteiger partial charge in [0, 0.05) is 53.6 Å². The van der Waals surface area contributed by atoms with Crippen LogP contribution in [0.15, 0.2) is 182 Å². The van der Waals surface area contributed by atoms with E-state index < -0.39 is 0 Å². The van der Waals surface area contributed by atoms with Gasteiger partial charge >= 0.3 is 0 Å². The Bertz CT molecular complexity index is 2840. The van der Waals surface area contributed by atoms with Crippen molar-refractivity contribution in [2.75, 3.05) is 4.90 Å². The lowest BCUT2D eigenvalue weighted by Crippen LogP contribution is -2.11. The smallest absolute Gasteiger partial charge is 0.0561 e. The Morgan fingerprint density at radius 3 is 2.00 bits per heavy atom. The summed E-state index contributed by atoms with van der Waals surface area (Å²) in [5, 5.41) is 7.56. The minimum absolute atomic E-state index is 1.11. The van der Waals surface area contributed by atoms with E-state index in [1.165, 1.54) is 63.9 Å². The van der Waals surface area contributed by atoms with Crippen LogP contribution in [0, 0.1) is 0 Å². The summed E-state index contributed by atoms with van der Waals surface area (Å²) in [7, 11) is 0. The Morgan fingerprint density at radius 1 is 0.408 bits per heavy atom. The van der Waals surface area contributed by atoms with Crippen molar-refractivity contribution in [2.24, 2.45) is 0 Å². The molecule has 2 aromatic heterocycles. The first-order valence-electron chi connectivity index (χ1n) is 16.7. The number of benzene rings is 8. The van der Waals surface area contributed by atoms with E-state index in [-0.39, 0.29) is 0 Å². The van der Waals surface area contributed by atoms with Crippen molar-refractivity contribution in [2.45, 2.75) is 0 Å². The van der Waals surface area contributed by atoms with Gasteiger partial charge in [-0.2, -0.15) is 0 Å². The quantitative estimate of drug-likeness (QED) is 0.181. The molecule has 3 heteroatoms. The standard InChI is InChI=1S/C46H30N2S/c1-2-14-34(15-3-1)48-43-20-10-7-17-38(43)39-26-24-36(30-44(39)48)47(35-25-27-46-41(29-35)40-18-8-11-21-45(40)49-46)42-19-9-6-16-37(42)33-23-22-31-12-4-5-13-32(31)28-33/h1-30H. The Kier molecular flexibility index (Phi) is 6.39. The van der Waals surface area contributed by atoms with Crippen LogP contribution in [-0.2, 0) is 0 Å². The second-order valence-corrected chi connectivity index (χ2v) is 13.7. The first-order valence-corrected chi connectivity index (χ1v) is 17.5. The Labute approximate surface area is 288 Å². The molecule has 2 heterocycles. The highest BCUT2D eigenvalue weighted by Gasteiger charge is 2.21. The van der Waals surface area contributed by atoms with Gasteiger partial charge in [0.15, 0.2) is 0 Å². The van der Waals surface area contributed by atoms with Crippen LogP contribution in [-0.4, -0.2) is 4.57 Å². The highest BCUT2D eigenvalue weighted by molar-refractivity contribution is 7.25. The van der Waals surface area contributed by atoms with Crippen LogP contribution in [0.4, 0.5) is 17.1 Å². The van der Waals surface area contributed by atoms with Gasteiger partial charge in [-0.25, -0.2) is 0 Å². The average molecular weight is 643 g/mol. The van der Waals surface area contributed by atoms with E-state index >= 15 is 0 Å².